The highest BCUT2D eigenvalue weighted by molar-refractivity contribution is 5.80. The lowest BCUT2D eigenvalue weighted by Crippen LogP contribution is -2.28. The number of benzene rings is 2. The summed E-state index contributed by atoms with van der Waals surface area (Å²) in [6.45, 7) is 8.00. The van der Waals surface area contributed by atoms with E-state index in [1.807, 2.05) is 39.8 Å². The number of allylic oxidation sites excluding steroid dienone is 3. The van der Waals surface area contributed by atoms with E-state index in [9.17, 15) is 15.3 Å². The molecule has 0 amide bonds. The van der Waals surface area contributed by atoms with Gasteiger partial charge in [-0.1, -0.05) is 17.7 Å². The van der Waals surface area contributed by atoms with Crippen LogP contribution in [-0.4, -0.2) is 20.9 Å². The first-order valence-electron chi connectivity index (χ1n) is 9.96. The predicted octanol–water partition coefficient (Wildman–Crippen LogP) is 5.47. The van der Waals surface area contributed by atoms with Crippen LogP contribution in [-0.2, 0) is 12.8 Å². The van der Waals surface area contributed by atoms with Gasteiger partial charge in [0, 0.05) is 17.5 Å². The van der Waals surface area contributed by atoms with Crippen molar-refractivity contribution in [1.82, 2.24) is 0 Å². The number of aromatic hydroxyl groups is 3. The lowest BCUT2D eigenvalue weighted by atomic mass is 9.89. The molecule has 3 N–H and O–H groups in total. The number of phenols is 3. The first-order chi connectivity index (χ1) is 14.2. The van der Waals surface area contributed by atoms with E-state index in [0.29, 0.717) is 35.5 Å². The number of hydrogen-bond acceptors (Lipinski definition) is 5. The number of fused-ring (bicyclic) bond motifs is 3. The van der Waals surface area contributed by atoms with Gasteiger partial charge in [-0.25, -0.2) is 0 Å². The standard InChI is InChI=1S/C25H26O5/c1-14(2)5-7-17-22(28)19-11-16(15-6-8-20(26)21(27)12-15)13-29-23(19)18-9-10-25(3,4)30-24(17)18/h5-6,8-10,12-13,26-28H,7,11H2,1-4H3. The van der Waals surface area contributed by atoms with E-state index in [2.05, 4.69) is 6.08 Å². The van der Waals surface area contributed by atoms with Gasteiger partial charge in [-0.2, -0.15) is 0 Å². The molecule has 2 heterocycles. The van der Waals surface area contributed by atoms with Crippen molar-refractivity contribution in [2.45, 2.75) is 46.1 Å². The first kappa shape index (κ1) is 20.0. The van der Waals surface area contributed by atoms with Gasteiger partial charge in [0.1, 0.15) is 22.8 Å². The third-order valence-corrected chi connectivity index (χ3v) is 5.37. The molecule has 2 aromatic rings. The topological polar surface area (TPSA) is 79.2 Å². The van der Waals surface area contributed by atoms with Gasteiger partial charge in [-0.05, 0) is 69.5 Å². The van der Waals surface area contributed by atoms with Gasteiger partial charge < -0.3 is 24.8 Å². The van der Waals surface area contributed by atoms with Crippen molar-refractivity contribution in [3.05, 3.63) is 64.4 Å². The zero-order chi connectivity index (χ0) is 21.6. The molecule has 0 aromatic heterocycles. The Morgan fingerprint density at radius 1 is 1.10 bits per heavy atom. The van der Waals surface area contributed by atoms with Crippen LogP contribution < -0.4 is 9.47 Å². The minimum Gasteiger partial charge on any atom is -0.507 e. The maximum Gasteiger partial charge on any atom is 0.158 e. The minimum absolute atomic E-state index is 0.168. The number of phenolic OH excluding ortho intramolecular Hbond substituents is 3. The Kier molecular flexibility index (Phi) is 4.77. The van der Waals surface area contributed by atoms with Crippen molar-refractivity contribution in [3.63, 3.8) is 0 Å². The van der Waals surface area contributed by atoms with E-state index >= 15 is 0 Å². The van der Waals surface area contributed by atoms with Gasteiger partial charge in [-0.3, -0.25) is 0 Å². The molecule has 0 fully saturated rings. The molecule has 5 heteroatoms. The minimum atomic E-state index is -0.480. The molecule has 5 nitrogen and oxygen atoms in total. The Labute approximate surface area is 176 Å². The van der Waals surface area contributed by atoms with Crippen LogP contribution in [0.1, 0.15) is 49.9 Å². The highest BCUT2D eigenvalue weighted by atomic mass is 16.5. The summed E-state index contributed by atoms with van der Waals surface area (Å²) in [7, 11) is 0. The van der Waals surface area contributed by atoms with E-state index in [1.54, 1.807) is 12.3 Å². The molecule has 0 atom stereocenters. The summed E-state index contributed by atoms with van der Waals surface area (Å²) in [6, 6.07) is 4.63. The van der Waals surface area contributed by atoms with Crippen molar-refractivity contribution in [3.8, 4) is 28.7 Å². The van der Waals surface area contributed by atoms with E-state index < -0.39 is 5.60 Å². The second-order valence-electron chi connectivity index (χ2n) is 8.54. The van der Waals surface area contributed by atoms with Crippen molar-refractivity contribution in [1.29, 1.82) is 0 Å². The molecular weight excluding hydrogens is 380 g/mol. The summed E-state index contributed by atoms with van der Waals surface area (Å²) < 4.78 is 12.2. The molecule has 0 bridgehead atoms. The van der Waals surface area contributed by atoms with Crippen LogP contribution in [0.3, 0.4) is 0 Å². The third-order valence-electron chi connectivity index (χ3n) is 5.37. The van der Waals surface area contributed by atoms with Crippen LogP contribution in [0.5, 0.6) is 28.7 Å². The van der Waals surface area contributed by atoms with Crippen molar-refractivity contribution >= 4 is 11.6 Å². The molecule has 0 saturated carbocycles. The largest absolute Gasteiger partial charge is 0.507 e. The smallest absolute Gasteiger partial charge is 0.158 e. The molecule has 4 rings (SSSR count). The monoisotopic (exact) mass is 406 g/mol. The zero-order valence-corrected chi connectivity index (χ0v) is 17.6. The van der Waals surface area contributed by atoms with Crippen LogP contribution in [0.25, 0.3) is 11.6 Å². The van der Waals surface area contributed by atoms with Gasteiger partial charge in [0.15, 0.2) is 11.5 Å². The van der Waals surface area contributed by atoms with Crippen molar-refractivity contribution < 1.29 is 24.8 Å². The average molecular weight is 406 g/mol. The highest BCUT2D eigenvalue weighted by Crippen LogP contribution is 2.50. The average Bonchev–Trinajstić information content (AvgIpc) is 2.68. The van der Waals surface area contributed by atoms with Crippen LogP contribution in [0.2, 0.25) is 0 Å². The van der Waals surface area contributed by atoms with E-state index in [4.69, 9.17) is 9.47 Å². The van der Waals surface area contributed by atoms with Crippen molar-refractivity contribution in [2.24, 2.45) is 0 Å². The summed E-state index contributed by atoms with van der Waals surface area (Å²) in [6.07, 6.45) is 8.64. The van der Waals surface area contributed by atoms with Gasteiger partial charge in [0.05, 0.1) is 11.8 Å². The number of hydrogen-bond donors (Lipinski definition) is 3. The van der Waals surface area contributed by atoms with E-state index in [0.717, 1.165) is 22.3 Å². The van der Waals surface area contributed by atoms with E-state index in [1.165, 1.54) is 12.1 Å². The fourth-order valence-corrected chi connectivity index (χ4v) is 3.72. The van der Waals surface area contributed by atoms with Gasteiger partial charge in [-0.15, -0.1) is 0 Å². The van der Waals surface area contributed by atoms with Gasteiger partial charge >= 0.3 is 0 Å². The van der Waals surface area contributed by atoms with Crippen molar-refractivity contribution in [2.75, 3.05) is 0 Å². The Hall–Kier alpha value is -3.34. The molecule has 0 unspecified atom stereocenters. The fourth-order valence-electron chi connectivity index (χ4n) is 3.72. The van der Waals surface area contributed by atoms with Crippen LogP contribution in [0, 0.1) is 0 Å². The zero-order valence-electron chi connectivity index (χ0n) is 17.6. The van der Waals surface area contributed by atoms with Gasteiger partial charge in [0.2, 0.25) is 0 Å². The normalized spacial score (nSPS) is 15.9. The Bertz CT molecular complexity index is 1120. The molecule has 2 aliphatic heterocycles. The molecule has 0 aliphatic carbocycles. The van der Waals surface area contributed by atoms with E-state index in [-0.39, 0.29) is 17.2 Å². The molecule has 0 radical (unpaired) electrons. The summed E-state index contributed by atoms with van der Waals surface area (Å²) >= 11 is 0. The first-order valence-corrected chi connectivity index (χ1v) is 9.96. The summed E-state index contributed by atoms with van der Waals surface area (Å²) in [5.74, 6) is 1.03. The fraction of sp³-hybridized carbons (Fsp3) is 0.280. The van der Waals surface area contributed by atoms with Crippen LogP contribution >= 0.6 is 0 Å². The molecule has 0 spiro atoms. The molecule has 2 aliphatic rings. The quantitative estimate of drug-likeness (QED) is 0.465. The summed E-state index contributed by atoms with van der Waals surface area (Å²) in [5, 5.41) is 30.7. The number of ether oxygens (including phenoxy) is 2. The second-order valence-corrected chi connectivity index (χ2v) is 8.54. The maximum atomic E-state index is 11.2. The van der Waals surface area contributed by atoms with Crippen LogP contribution in [0.15, 0.2) is 42.2 Å². The SMILES string of the molecule is CC(C)=CCc1c(O)c2c(c3c1OC(C)(C)C=C3)OC=C(c1ccc(O)c(O)c1)C2. The molecule has 2 aromatic carbocycles. The lowest BCUT2D eigenvalue weighted by molar-refractivity contribution is 0.156. The predicted molar refractivity (Wildman–Crippen MR) is 117 cm³/mol. The summed E-state index contributed by atoms with van der Waals surface area (Å²) in [4.78, 5) is 0. The van der Waals surface area contributed by atoms with Crippen LogP contribution in [0.4, 0.5) is 0 Å². The molecule has 0 saturated heterocycles. The Morgan fingerprint density at radius 2 is 1.87 bits per heavy atom. The number of rotatable bonds is 3. The Morgan fingerprint density at radius 3 is 2.57 bits per heavy atom. The van der Waals surface area contributed by atoms with Gasteiger partial charge in [0.25, 0.3) is 0 Å². The lowest BCUT2D eigenvalue weighted by Gasteiger charge is -2.32. The summed E-state index contributed by atoms with van der Waals surface area (Å²) in [5.41, 5.74) is 4.43. The maximum absolute atomic E-state index is 11.2. The molecular formula is C25H26O5. The second kappa shape index (κ2) is 7.17. The molecule has 156 valence electrons. The Balaban J connectivity index is 1.83. The third kappa shape index (κ3) is 3.52. The highest BCUT2D eigenvalue weighted by Gasteiger charge is 2.32. The molecule has 30 heavy (non-hydrogen) atoms.